The number of hydrogen-bond donors (Lipinski definition) is 2. The maximum Gasteiger partial charge on any atom is 0.0772 e. The standard InChI is InChI=1S/C11H23NO/c1-2-7-11(13,9-12)8-10-5-3-4-6-10/h10,13H,2-9,12H2,1H3. The Kier molecular flexibility index (Phi) is 4.20. The summed E-state index contributed by atoms with van der Waals surface area (Å²) in [6, 6.07) is 0. The van der Waals surface area contributed by atoms with Gasteiger partial charge in [0.1, 0.15) is 0 Å². The summed E-state index contributed by atoms with van der Waals surface area (Å²) in [5.74, 6) is 0.736. The zero-order valence-electron chi connectivity index (χ0n) is 8.76. The number of aliphatic hydroxyl groups is 1. The molecular formula is C11H23NO. The third-order valence-electron chi connectivity index (χ3n) is 3.24. The fourth-order valence-electron chi connectivity index (χ4n) is 2.50. The molecule has 3 N–H and O–H groups in total. The zero-order valence-corrected chi connectivity index (χ0v) is 8.76. The van der Waals surface area contributed by atoms with Crippen molar-refractivity contribution in [2.24, 2.45) is 11.7 Å². The first-order valence-electron chi connectivity index (χ1n) is 5.62. The molecule has 0 bridgehead atoms. The molecule has 1 aliphatic carbocycles. The lowest BCUT2D eigenvalue weighted by molar-refractivity contribution is 0.0157. The highest BCUT2D eigenvalue weighted by Gasteiger charge is 2.29. The van der Waals surface area contributed by atoms with Crippen LogP contribution in [0.4, 0.5) is 0 Å². The van der Waals surface area contributed by atoms with Crippen molar-refractivity contribution in [1.29, 1.82) is 0 Å². The van der Waals surface area contributed by atoms with E-state index in [1.165, 1.54) is 25.7 Å². The van der Waals surface area contributed by atoms with Crippen molar-refractivity contribution in [2.75, 3.05) is 6.54 Å². The molecule has 1 unspecified atom stereocenters. The number of rotatable bonds is 5. The Morgan fingerprint density at radius 1 is 1.38 bits per heavy atom. The predicted molar refractivity (Wildman–Crippen MR) is 55.5 cm³/mol. The molecule has 0 spiro atoms. The average molecular weight is 185 g/mol. The molecule has 0 radical (unpaired) electrons. The van der Waals surface area contributed by atoms with Crippen LogP contribution in [0.15, 0.2) is 0 Å². The van der Waals surface area contributed by atoms with Crippen LogP contribution in [0.1, 0.15) is 51.9 Å². The van der Waals surface area contributed by atoms with E-state index in [-0.39, 0.29) is 0 Å². The molecule has 0 aromatic carbocycles. The molecule has 0 amide bonds. The highest BCUT2D eigenvalue weighted by molar-refractivity contribution is 4.84. The molecular weight excluding hydrogens is 162 g/mol. The van der Waals surface area contributed by atoms with Crippen LogP contribution in [0.3, 0.4) is 0 Å². The molecule has 1 fully saturated rings. The SMILES string of the molecule is CCCC(O)(CN)CC1CCCC1. The minimum atomic E-state index is -0.566. The van der Waals surface area contributed by atoms with Crippen LogP contribution < -0.4 is 5.73 Å². The molecule has 0 saturated heterocycles. The molecule has 1 atom stereocenters. The minimum absolute atomic E-state index is 0.428. The van der Waals surface area contributed by atoms with Crippen LogP contribution in [0.2, 0.25) is 0 Å². The van der Waals surface area contributed by atoms with Gasteiger partial charge < -0.3 is 10.8 Å². The van der Waals surface area contributed by atoms with E-state index >= 15 is 0 Å². The van der Waals surface area contributed by atoms with Gasteiger partial charge >= 0.3 is 0 Å². The molecule has 1 aliphatic rings. The van der Waals surface area contributed by atoms with E-state index in [1.54, 1.807) is 0 Å². The predicted octanol–water partition coefficient (Wildman–Crippen LogP) is 2.06. The minimum Gasteiger partial charge on any atom is -0.389 e. The summed E-state index contributed by atoms with van der Waals surface area (Å²) in [6.45, 7) is 2.53. The van der Waals surface area contributed by atoms with E-state index in [9.17, 15) is 5.11 Å². The molecule has 0 aliphatic heterocycles. The van der Waals surface area contributed by atoms with Crippen molar-refractivity contribution in [1.82, 2.24) is 0 Å². The summed E-state index contributed by atoms with van der Waals surface area (Å²) in [5.41, 5.74) is 5.06. The van der Waals surface area contributed by atoms with E-state index in [0.717, 1.165) is 25.2 Å². The zero-order chi connectivity index (χ0) is 9.73. The molecule has 2 nitrogen and oxygen atoms in total. The summed E-state index contributed by atoms with van der Waals surface area (Å²) in [5, 5.41) is 10.2. The van der Waals surface area contributed by atoms with Crippen molar-refractivity contribution < 1.29 is 5.11 Å². The Morgan fingerprint density at radius 3 is 2.46 bits per heavy atom. The van der Waals surface area contributed by atoms with Crippen LogP contribution >= 0.6 is 0 Å². The van der Waals surface area contributed by atoms with Gasteiger partial charge in [0.25, 0.3) is 0 Å². The Morgan fingerprint density at radius 2 is 2.00 bits per heavy atom. The first-order chi connectivity index (χ1) is 6.20. The van der Waals surface area contributed by atoms with Crippen LogP contribution in [0.25, 0.3) is 0 Å². The first-order valence-corrected chi connectivity index (χ1v) is 5.62. The Hall–Kier alpha value is -0.0800. The van der Waals surface area contributed by atoms with Crippen molar-refractivity contribution in [3.05, 3.63) is 0 Å². The molecule has 0 heterocycles. The quantitative estimate of drug-likeness (QED) is 0.688. The van der Waals surface area contributed by atoms with Crippen molar-refractivity contribution >= 4 is 0 Å². The van der Waals surface area contributed by atoms with Crippen molar-refractivity contribution in [2.45, 2.75) is 57.5 Å². The summed E-state index contributed by atoms with van der Waals surface area (Å²) in [7, 11) is 0. The van der Waals surface area contributed by atoms with Crippen LogP contribution in [-0.4, -0.2) is 17.3 Å². The average Bonchev–Trinajstić information content (AvgIpc) is 2.57. The van der Waals surface area contributed by atoms with Gasteiger partial charge in [-0.1, -0.05) is 39.0 Å². The highest BCUT2D eigenvalue weighted by atomic mass is 16.3. The molecule has 78 valence electrons. The molecule has 1 saturated carbocycles. The van der Waals surface area contributed by atoms with Crippen LogP contribution in [0.5, 0.6) is 0 Å². The van der Waals surface area contributed by atoms with Gasteiger partial charge in [0, 0.05) is 6.54 Å². The van der Waals surface area contributed by atoms with E-state index in [0.29, 0.717) is 6.54 Å². The smallest absolute Gasteiger partial charge is 0.0772 e. The highest BCUT2D eigenvalue weighted by Crippen LogP contribution is 2.33. The molecule has 0 aromatic rings. The lowest BCUT2D eigenvalue weighted by Crippen LogP contribution is -2.39. The first kappa shape index (κ1) is 11.0. The third-order valence-corrected chi connectivity index (χ3v) is 3.24. The van der Waals surface area contributed by atoms with Gasteiger partial charge in [0.2, 0.25) is 0 Å². The topological polar surface area (TPSA) is 46.2 Å². The molecule has 13 heavy (non-hydrogen) atoms. The van der Waals surface area contributed by atoms with E-state index < -0.39 is 5.60 Å². The lowest BCUT2D eigenvalue weighted by atomic mass is 9.86. The van der Waals surface area contributed by atoms with Crippen molar-refractivity contribution in [3.63, 3.8) is 0 Å². The van der Waals surface area contributed by atoms with Gasteiger partial charge in [-0.05, 0) is 18.8 Å². The summed E-state index contributed by atoms with van der Waals surface area (Å²) in [6.07, 6.45) is 8.10. The second-order valence-electron chi connectivity index (χ2n) is 4.53. The Labute approximate surface area is 81.5 Å². The number of hydrogen-bond acceptors (Lipinski definition) is 2. The van der Waals surface area contributed by atoms with Gasteiger partial charge in [0.15, 0.2) is 0 Å². The normalized spacial score (nSPS) is 23.3. The molecule has 1 rings (SSSR count). The van der Waals surface area contributed by atoms with Gasteiger partial charge in [-0.15, -0.1) is 0 Å². The number of nitrogens with two attached hydrogens (primary N) is 1. The molecule has 0 aromatic heterocycles. The van der Waals surface area contributed by atoms with Gasteiger partial charge in [-0.2, -0.15) is 0 Å². The third kappa shape index (κ3) is 3.28. The molecule has 2 heteroatoms. The van der Waals surface area contributed by atoms with Gasteiger partial charge in [0.05, 0.1) is 5.60 Å². The Balaban J connectivity index is 2.36. The largest absolute Gasteiger partial charge is 0.389 e. The fraction of sp³-hybridized carbons (Fsp3) is 1.00. The lowest BCUT2D eigenvalue weighted by Gasteiger charge is -2.29. The maximum absolute atomic E-state index is 10.2. The van der Waals surface area contributed by atoms with Gasteiger partial charge in [-0.25, -0.2) is 0 Å². The fourth-order valence-corrected chi connectivity index (χ4v) is 2.50. The summed E-state index contributed by atoms with van der Waals surface area (Å²) in [4.78, 5) is 0. The van der Waals surface area contributed by atoms with E-state index in [2.05, 4.69) is 6.92 Å². The maximum atomic E-state index is 10.2. The van der Waals surface area contributed by atoms with E-state index in [1.807, 2.05) is 0 Å². The Bertz CT molecular complexity index is 143. The monoisotopic (exact) mass is 185 g/mol. The summed E-state index contributed by atoms with van der Waals surface area (Å²) < 4.78 is 0. The second-order valence-corrected chi connectivity index (χ2v) is 4.53. The van der Waals surface area contributed by atoms with Crippen LogP contribution in [0, 0.1) is 5.92 Å². The van der Waals surface area contributed by atoms with Crippen LogP contribution in [-0.2, 0) is 0 Å². The second kappa shape index (κ2) is 4.97. The van der Waals surface area contributed by atoms with E-state index in [4.69, 9.17) is 5.73 Å². The van der Waals surface area contributed by atoms with Crippen molar-refractivity contribution in [3.8, 4) is 0 Å². The summed E-state index contributed by atoms with van der Waals surface area (Å²) >= 11 is 0. The van der Waals surface area contributed by atoms with Gasteiger partial charge in [-0.3, -0.25) is 0 Å².